The van der Waals surface area contributed by atoms with E-state index in [1.54, 1.807) is 17.0 Å². The fraction of sp³-hybridized carbons (Fsp3) is 0.636. The minimum absolute atomic E-state index is 0.0147. The van der Waals surface area contributed by atoms with E-state index in [0.29, 0.717) is 37.8 Å². The molecule has 1 aromatic rings. The van der Waals surface area contributed by atoms with Crippen molar-refractivity contribution in [2.24, 2.45) is 110 Å². The maximum Gasteiger partial charge on any atom is 0.243 e. The standard InChI is InChI=1S/C55H102N28O10/c56-22-2-1-10-34(82-49(93)40-17-9-29-83(40)41(85)30-31-18-20-32(84)21-19-31)44(88)78-36(13-5-25-72-52(62)63)46(90)80-38(15-7-27-74-54(66)67)48(92)81-39(16-8-28-75-55(68)69)47(91)79-37(14-6-26-73-53(64)65)45(89)77-35(12-4-24-71-51(60)61)43(87)76-33(42(57)86)11-3-23-70-50(58)59/h18-21,33-41,84-85H,1-17,22-30,56H2,(H2,57,86)(H,76,87)(H,77,89)(H,78,88)(H,79,91)(H,80,90)(H,81,92)(H,82,93)(H4,58,59,70)(H4,60,61,71)(H4,62,63,72)(H4,64,65,73)(H4,66,67,74)(H4,68,69,75)/t33-,34-,35-,36-,37-,38-,39-,40-,41?/m0/s1. The van der Waals surface area contributed by atoms with Crippen molar-refractivity contribution in [2.45, 2.75) is 170 Å². The maximum absolute atomic E-state index is 14.7. The fourth-order valence-electron chi connectivity index (χ4n) is 9.70. The Morgan fingerprint density at radius 1 is 0.419 bits per heavy atom. The van der Waals surface area contributed by atoms with E-state index in [9.17, 15) is 48.6 Å². The van der Waals surface area contributed by atoms with Crippen LogP contribution in [0.4, 0.5) is 0 Å². The van der Waals surface area contributed by atoms with Gasteiger partial charge >= 0.3 is 0 Å². The normalized spacial score (nSPS) is 15.2. The molecule has 0 saturated carbocycles. The summed E-state index contributed by atoms with van der Waals surface area (Å²) in [5, 5.41) is 39.9. The number of aliphatic hydroxyl groups is 1. The fourth-order valence-corrected chi connectivity index (χ4v) is 9.70. The van der Waals surface area contributed by atoms with Gasteiger partial charge < -0.3 is 128 Å². The average molecular weight is 1320 g/mol. The summed E-state index contributed by atoms with van der Waals surface area (Å²) in [5.41, 5.74) is 78.8. The Hall–Kier alpha value is -9.72. The number of carbonyl (C=O) groups is 8. The van der Waals surface area contributed by atoms with Gasteiger partial charge in [-0.25, -0.2) is 0 Å². The first-order valence-corrected chi connectivity index (χ1v) is 30.8. The zero-order valence-electron chi connectivity index (χ0n) is 52.8. The maximum atomic E-state index is 14.7. The monoisotopic (exact) mass is 1310 g/mol. The van der Waals surface area contributed by atoms with Gasteiger partial charge in [-0.3, -0.25) is 73.2 Å². The molecule has 0 radical (unpaired) electrons. The molecule has 1 fully saturated rings. The Balaban J connectivity index is 2.62. The molecule has 0 aliphatic carbocycles. The number of hydrogen-bond acceptors (Lipinski definition) is 18. The van der Waals surface area contributed by atoms with Gasteiger partial charge in [0.15, 0.2) is 35.8 Å². The van der Waals surface area contributed by atoms with Crippen LogP contribution in [0, 0.1) is 0 Å². The lowest BCUT2D eigenvalue weighted by atomic mass is 10.0. The SMILES string of the molecule is NCCCC[C@H](NC(=O)[C@@H]1CCCN1C(O)Cc1ccc(O)cc1)C(=O)N[C@@H](CCCN=C(N)N)C(=O)N[C@@H](CCCN=C(N)N)C(=O)N[C@@H](CCCN=C(N)N)C(=O)N[C@@H](CCCN=C(N)N)C(=O)N[C@@H](CCCN=C(N)N)C(=O)N[C@@H](CCCN=C(N)N)C(N)=O. The van der Waals surface area contributed by atoms with Crippen LogP contribution in [0.25, 0.3) is 0 Å². The molecule has 1 unspecified atom stereocenters. The number of guanidine groups is 6. The molecule has 1 saturated heterocycles. The van der Waals surface area contributed by atoms with Crippen molar-refractivity contribution in [3.8, 4) is 5.75 Å². The summed E-state index contributed by atoms with van der Waals surface area (Å²) in [6, 6.07) is -4.21. The molecule has 0 aromatic heterocycles. The number of phenols is 1. The van der Waals surface area contributed by atoms with Gasteiger partial charge in [-0.2, -0.15) is 0 Å². The molecule has 38 heteroatoms. The quantitative estimate of drug-likeness (QED) is 0.0164. The highest BCUT2D eigenvalue weighted by atomic mass is 16.3. The Morgan fingerprint density at radius 3 is 0.989 bits per heavy atom. The van der Waals surface area contributed by atoms with E-state index in [4.69, 9.17) is 80.3 Å². The summed E-state index contributed by atoms with van der Waals surface area (Å²) in [5.74, 6) is -8.07. The zero-order valence-corrected chi connectivity index (χ0v) is 52.8. The number of amides is 8. The first-order valence-electron chi connectivity index (χ1n) is 30.8. The number of nitrogens with zero attached hydrogens (tertiary/aromatic N) is 7. The van der Waals surface area contributed by atoms with Crippen LogP contribution in [0.1, 0.15) is 115 Å². The number of nitrogens with two attached hydrogens (primary N) is 14. The molecule has 38 nitrogen and oxygen atoms in total. The Morgan fingerprint density at radius 2 is 0.699 bits per heavy atom. The Labute approximate surface area is 540 Å². The number of unbranched alkanes of at least 4 members (excludes halogenated alkanes) is 1. The van der Waals surface area contributed by atoms with Crippen molar-refractivity contribution < 1.29 is 48.6 Å². The van der Waals surface area contributed by atoms with Gasteiger partial charge in [0.2, 0.25) is 47.3 Å². The minimum Gasteiger partial charge on any atom is -0.508 e. The van der Waals surface area contributed by atoms with Gasteiger partial charge in [0.1, 0.15) is 54.3 Å². The van der Waals surface area contributed by atoms with Gasteiger partial charge in [0.25, 0.3) is 0 Å². The molecule has 1 aliphatic heterocycles. The number of carbonyl (C=O) groups excluding carboxylic acids is 8. The topological polar surface area (TPSA) is 703 Å². The van der Waals surface area contributed by atoms with Crippen molar-refractivity contribution in [1.29, 1.82) is 0 Å². The molecule has 93 heavy (non-hydrogen) atoms. The van der Waals surface area contributed by atoms with Crippen LogP contribution in [0.2, 0.25) is 0 Å². The van der Waals surface area contributed by atoms with Crippen LogP contribution in [-0.2, 0) is 44.8 Å². The first-order chi connectivity index (χ1) is 44.1. The van der Waals surface area contributed by atoms with Crippen LogP contribution >= 0.6 is 0 Å². The Kier molecular flexibility index (Phi) is 37.5. The largest absolute Gasteiger partial charge is 0.508 e. The number of aromatic hydroxyl groups is 1. The lowest BCUT2D eigenvalue weighted by Crippen LogP contribution is -2.60. The summed E-state index contributed by atoms with van der Waals surface area (Å²) in [4.78, 5) is 139. The average Bonchev–Trinajstić information content (AvgIpc) is 1.85. The number of hydrogen-bond donors (Lipinski definition) is 23. The third-order valence-electron chi connectivity index (χ3n) is 14.4. The predicted molar refractivity (Wildman–Crippen MR) is 353 cm³/mol. The molecule has 0 bridgehead atoms. The highest BCUT2D eigenvalue weighted by Crippen LogP contribution is 2.23. The summed E-state index contributed by atoms with van der Waals surface area (Å²) in [6.45, 7) is 0.733. The lowest BCUT2D eigenvalue weighted by molar-refractivity contribution is -0.136. The third-order valence-corrected chi connectivity index (χ3v) is 14.4. The second-order valence-electron chi connectivity index (χ2n) is 22.1. The molecule has 9 atom stereocenters. The zero-order chi connectivity index (χ0) is 69.4. The molecule has 522 valence electrons. The highest BCUT2D eigenvalue weighted by Gasteiger charge is 2.38. The van der Waals surface area contributed by atoms with Crippen LogP contribution in [0.15, 0.2) is 54.2 Å². The second kappa shape index (κ2) is 43.9. The molecule has 0 spiro atoms. The highest BCUT2D eigenvalue weighted by molar-refractivity contribution is 5.98. The molecule has 1 aromatic carbocycles. The first kappa shape index (κ1) is 79.4. The molecule has 8 amide bonds. The second-order valence-corrected chi connectivity index (χ2v) is 22.1. The van der Waals surface area contributed by atoms with Crippen LogP contribution in [-0.4, -0.2) is 205 Å². The number of rotatable bonds is 46. The van der Waals surface area contributed by atoms with Gasteiger partial charge in [0, 0.05) is 52.2 Å². The van der Waals surface area contributed by atoms with E-state index in [0.717, 1.165) is 0 Å². The van der Waals surface area contributed by atoms with Crippen LogP contribution in [0.3, 0.4) is 0 Å². The van der Waals surface area contributed by atoms with Crippen molar-refractivity contribution in [3.05, 3.63) is 29.8 Å². The number of likely N-dealkylation sites (tertiary alicyclic amines) is 1. The molecular formula is C55H102N28O10. The van der Waals surface area contributed by atoms with E-state index in [1.165, 1.54) is 12.1 Å². The van der Waals surface area contributed by atoms with Crippen molar-refractivity contribution in [1.82, 2.24) is 42.1 Å². The van der Waals surface area contributed by atoms with Crippen LogP contribution in [0.5, 0.6) is 5.75 Å². The van der Waals surface area contributed by atoms with Gasteiger partial charge in [-0.15, -0.1) is 0 Å². The number of nitrogens with one attached hydrogen (secondary N) is 7. The smallest absolute Gasteiger partial charge is 0.243 e. The number of aliphatic hydroxyl groups excluding tert-OH is 1. The number of primary amides is 1. The molecular weight excluding hydrogens is 1210 g/mol. The summed E-state index contributed by atoms with van der Waals surface area (Å²) in [6.07, 6.45) is 1.00. The van der Waals surface area contributed by atoms with Gasteiger partial charge in [-0.05, 0) is 133 Å². The van der Waals surface area contributed by atoms with Crippen molar-refractivity contribution in [2.75, 3.05) is 52.4 Å². The van der Waals surface area contributed by atoms with Gasteiger partial charge in [-0.1, -0.05) is 12.1 Å². The van der Waals surface area contributed by atoms with E-state index >= 15 is 0 Å². The molecule has 37 N–H and O–H groups in total. The van der Waals surface area contributed by atoms with Gasteiger partial charge in [0.05, 0.1) is 6.04 Å². The van der Waals surface area contributed by atoms with E-state index in [2.05, 4.69) is 67.2 Å². The van der Waals surface area contributed by atoms with E-state index in [-0.39, 0.29) is 177 Å². The minimum atomic E-state index is -1.50. The summed E-state index contributed by atoms with van der Waals surface area (Å²) in [7, 11) is 0. The lowest BCUT2D eigenvalue weighted by Gasteiger charge is -2.30. The third kappa shape index (κ3) is 33.8. The molecule has 2 rings (SSSR count). The number of aliphatic imine (C=N–C) groups is 6. The molecule has 1 heterocycles. The van der Waals surface area contributed by atoms with Crippen molar-refractivity contribution >= 4 is 83.0 Å². The number of phenolic OH excluding ortho intramolecular Hbond substituents is 1. The summed E-state index contributed by atoms with van der Waals surface area (Å²) >= 11 is 0. The van der Waals surface area contributed by atoms with Crippen LogP contribution < -0.4 is 117 Å². The van der Waals surface area contributed by atoms with Crippen molar-refractivity contribution in [3.63, 3.8) is 0 Å². The predicted octanol–water partition coefficient (Wildman–Crippen LogP) is -8.95. The van der Waals surface area contributed by atoms with E-state index in [1.807, 2.05) is 0 Å². The van der Waals surface area contributed by atoms with E-state index < -0.39 is 102 Å². The summed E-state index contributed by atoms with van der Waals surface area (Å²) < 4.78 is 0. The Bertz CT molecular complexity index is 2710. The molecule has 1 aliphatic rings. The number of benzene rings is 1.